The number of rotatable bonds is 9. The van der Waals surface area contributed by atoms with Crippen molar-refractivity contribution in [2.24, 2.45) is 45.3 Å². The molecule has 4 fully saturated rings. The lowest BCUT2D eigenvalue weighted by atomic mass is 9.71. The molecule has 100 heavy (non-hydrogen) atoms. The highest BCUT2D eigenvalue weighted by molar-refractivity contribution is 5.97. The van der Waals surface area contributed by atoms with Crippen LogP contribution in [0.3, 0.4) is 0 Å². The molecule has 24 heteroatoms. The van der Waals surface area contributed by atoms with E-state index in [4.69, 9.17) is 56.8 Å². The van der Waals surface area contributed by atoms with Gasteiger partial charge in [-0.2, -0.15) is 0 Å². The lowest BCUT2D eigenvalue weighted by Gasteiger charge is -2.36. The summed E-state index contributed by atoms with van der Waals surface area (Å²) in [5, 5.41) is 31.5. The first-order chi connectivity index (χ1) is 47.3. The Labute approximate surface area is 578 Å². The van der Waals surface area contributed by atoms with Crippen LogP contribution in [0.2, 0.25) is 0 Å². The molecular weight excluding hydrogens is 1300 g/mol. The van der Waals surface area contributed by atoms with Crippen molar-refractivity contribution in [1.82, 2.24) is 0 Å². The van der Waals surface area contributed by atoms with E-state index < -0.39 is 103 Å². The van der Waals surface area contributed by atoms with Crippen LogP contribution >= 0.6 is 0 Å². The van der Waals surface area contributed by atoms with Crippen molar-refractivity contribution in [3.63, 3.8) is 0 Å². The second-order valence-electron chi connectivity index (χ2n) is 30.7. The molecule has 16 rings (SSSR count). The number of Topliss-reactive ketones (excluding diaryl/α,β-unsaturated/α-hetero) is 1. The first-order valence-electron chi connectivity index (χ1n) is 34.6. The SMILES string of the molecule is CC1=C[C@@H](O/C=C2/C(=O)O[C@@H]3C4=C(CCCC4(C)C)[C@@H](O)[C@H]23)OC1=O.CC1=C[C@H](O/C=C2/C(=O)O[C@@H]3C4=C(CCC(=O)C4(C)C)[C@@H](O)[C@H]23)OC1=O.CC1=C[C@H](O/C=C2/C(=O)O[C@@H]3C4=C(CCCC4(C)C)C[C@H]23)OC1=O.CC1=C[C@H](O/C=C2/C(=O)O[C@@H]3C4=C(CCC[C@@]4(C)CO)C[C@H]23)OC1=O. The van der Waals surface area contributed by atoms with Gasteiger partial charge in [0.1, 0.15) is 30.2 Å². The summed E-state index contributed by atoms with van der Waals surface area (Å²) in [6.45, 7) is 21.0. The van der Waals surface area contributed by atoms with Crippen molar-refractivity contribution in [3.8, 4) is 0 Å². The third kappa shape index (κ3) is 12.3. The Morgan fingerprint density at radius 1 is 0.410 bits per heavy atom. The molecule has 534 valence electrons. The molecule has 15 atom stereocenters. The number of allylic oxidation sites excluding steroid dienone is 2. The zero-order valence-electron chi connectivity index (χ0n) is 58.0. The third-order valence-electron chi connectivity index (χ3n) is 22.9. The lowest BCUT2D eigenvalue weighted by Crippen LogP contribution is -2.35. The van der Waals surface area contributed by atoms with Crippen molar-refractivity contribution in [1.29, 1.82) is 0 Å². The number of carbonyl (C=O) groups is 9. The van der Waals surface area contributed by atoms with E-state index in [1.807, 2.05) is 6.92 Å². The monoisotopic (exact) mass is 1380 g/mol. The quantitative estimate of drug-likeness (QED) is 0.0638. The average molecular weight is 1380 g/mol. The first kappa shape index (κ1) is 69.9. The summed E-state index contributed by atoms with van der Waals surface area (Å²) < 4.78 is 64.4. The van der Waals surface area contributed by atoms with Crippen LogP contribution in [0.4, 0.5) is 0 Å². The van der Waals surface area contributed by atoms with Gasteiger partial charge in [-0.25, -0.2) is 38.4 Å². The smallest absolute Gasteiger partial charge is 0.338 e. The van der Waals surface area contributed by atoms with Gasteiger partial charge in [0.25, 0.3) is 25.2 Å². The Hall–Kier alpha value is -8.61. The topological polar surface area (TPSA) is 325 Å². The normalized spacial score (nSPS) is 37.1. The van der Waals surface area contributed by atoms with Gasteiger partial charge in [-0.15, -0.1) is 0 Å². The van der Waals surface area contributed by atoms with E-state index in [-0.39, 0.29) is 70.2 Å². The molecule has 8 aliphatic heterocycles. The molecular formula is C76H86O24. The number of hydrogen-bond donors (Lipinski definition) is 3. The fourth-order valence-corrected chi connectivity index (χ4v) is 17.7. The fraction of sp³-hybridized carbons (Fsp3) is 0.566. The molecule has 0 amide bonds. The van der Waals surface area contributed by atoms with Gasteiger partial charge in [-0.05, 0) is 163 Å². The van der Waals surface area contributed by atoms with E-state index in [1.165, 1.54) is 54.3 Å². The maximum absolute atomic E-state index is 12.3. The zero-order valence-corrected chi connectivity index (χ0v) is 58.0. The Morgan fingerprint density at radius 3 is 1.18 bits per heavy atom. The Kier molecular flexibility index (Phi) is 18.2. The summed E-state index contributed by atoms with van der Waals surface area (Å²) in [6, 6.07) is 0. The number of cyclic esters (lactones) is 4. The van der Waals surface area contributed by atoms with Crippen LogP contribution in [0.15, 0.2) is 139 Å². The molecule has 0 bridgehead atoms. The second kappa shape index (κ2) is 26.1. The number of fused-ring (bicyclic) bond motifs is 8. The van der Waals surface area contributed by atoms with Crippen LogP contribution in [-0.2, 0) is 100.0 Å². The van der Waals surface area contributed by atoms with Crippen molar-refractivity contribution < 1.29 is 115 Å². The molecule has 0 spiro atoms. The molecule has 4 saturated heterocycles. The van der Waals surface area contributed by atoms with Crippen LogP contribution in [0.25, 0.3) is 0 Å². The average Bonchev–Trinajstić information content (AvgIpc) is 1.58. The van der Waals surface area contributed by atoms with Gasteiger partial charge >= 0.3 is 47.8 Å². The highest BCUT2D eigenvalue weighted by atomic mass is 16.7. The van der Waals surface area contributed by atoms with Gasteiger partial charge in [0.2, 0.25) is 0 Å². The zero-order chi connectivity index (χ0) is 71.6. The highest BCUT2D eigenvalue weighted by Gasteiger charge is 2.61. The molecule has 0 unspecified atom stereocenters. The van der Waals surface area contributed by atoms with Crippen LogP contribution < -0.4 is 0 Å². The van der Waals surface area contributed by atoms with Gasteiger partial charge in [0.15, 0.2) is 0 Å². The number of carbonyl (C=O) groups excluding carboxylic acids is 9. The Bertz CT molecular complexity index is 4010. The molecule has 0 aromatic carbocycles. The van der Waals surface area contributed by atoms with Crippen molar-refractivity contribution in [2.45, 2.75) is 221 Å². The molecule has 0 aromatic rings. The predicted molar refractivity (Wildman–Crippen MR) is 346 cm³/mol. The molecule has 24 nitrogen and oxygen atoms in total. The fourth-order valence-electron chi connectivity index (χ4n) is 17.7. The lowest BCUT2D eigenvalue weighted by molar-refractivity contribution is -0.153. The van der Waals surface area contributed by atoms with Crippen LogP contribution in [0.5, 0.6) is 0 Å². The molecule has 8 aliphatic carbocycles. The van der Waals surface area contributed by atoms with E-state index >= 15 is 0 Å². The minimum atomic E-state index is -0.902. The van der Waals surface area contributed by atoms with E-state index in [2.05, 4.69) is 27.7 Å². The van der Waals surface area contributed by atoms with Crippen molar-refractivity contribution in [3.05, 3.63) is 139 Å². The maximum Gasteiger partial charge on any atom is 0.338 e. The van der Waals surface area contributed by atoms with Gasteiger partial charge in [-0.1, -0.05) is 45.8 Å². The number of aliphatic hydroxyl groups excluding tert-OH is 3. The molecule has 0 radical (unpaired) electrons. The number of hydrogen-bond acceptors (Lipinski definition) is 24. The van der Waals surface area contributed by atoms with Crippen LogP contribution in [-0.4, -0.2) is 137 Å². The van der Waals surface area contributed by atoms with Gasteiger partial charge in [-0.3, -0.25) is 4.79 Å². The number of ether oxygens (including phenoxy) is 12. The van der Waals surface area contributed by atoms with Crippen LogP contribution in [0, 0.1) is 45.3 Å². The summed E-state index contributed by atoms with van der Waals surface area (Å²) in [5.41, 5.74) is 11.1. The van der Waals surface area contributed by atoms with Gasteiger partial charge < -0.3 is 72.2 Å². The minimum absolute atomic E-state index is 0.0297. The van der Waals surface area contributed by atoms with Crippen molar-refractivity contribution >= 4 is 53.5 Å². The maximum atomic E-state index is 12.3. The Balaban J connectivity index is 0.000000120. The highest BCUT2D eigenvalue weighted by Crippen LogP contribution is 2.59. The summed E-state index contributed by atoms with van der Waals surface area (Å²) in [5.74, 6) is -4.52. The summed E-state index contributed by atoms with van der Waals surface area (Å²) in [4.78, 5) is 107. The predicted octanol–water partition coefficient (Wildman–Crippen LogP) is 8.77. The largest absolute Gasteiger partial charge is 0.458 e. The van der Waals surface area contributed by atoms with Crippen molar-refractivity contribution in [2.75, 3.05) is 6.61 Å². The number of esters is 8. The second-order valence-corrected chi connectivity index (χ2v) is 30.7. The summed E-state index contributed by atoms with van der Waals surface area (Å²) >= 11 is 0. The van der Waals surface area contributed by atoms with E-state index in [0.717, 1.165) is 86.5 Å². The van der Waals surface area contributed by atoms with Gasteiger partial charge in [0.05, 0.1) is 78.0 Å². The molecule has 16 aliphatic rings. The number of aliphatic hydroxyl groups is 3. The van der Waals surface area contributed by atoms with Crippen LogP contribution in [0.1, 0.15) is 160 Å². The van der Waals surface area contributed by atoms with E-state index in [1.54, 1.807) is 59.8 Å². The van der Waals surface area contributed by atoms with E-state index in [9.17, 15) is 58.5 Å². The number of ketones is 1. The van der Waals surface area contributed by atoms with Gasteiger partial charge in [0, 0.05) is 75.7 Å². The minimum Gasteiger partial charge on any atom is -0.458 e. The molecule has 0 aromatic heterocycles. The molecule has 0 saturated carbocycles. The standard InChI is InChI=1S/C19H20O7.2C19H22O6.C19H22O5/c1-8-6-12(25-17(8)22)24-7-10-13-15(21)9-4-5-11(20)19(2,3)14(9)16(13)26-18(10)23;1-9-7-12(24-17(9)21)23-8-11-13-15(20)10-5-4-6-19(2,3)14(10)16(13)25-18(11)22;1-10-6-14(24-17(10)21)23-8-13-12-7-11-4-3-5-19(2,9-20)15(11)16(12)25-18(13)22;1-10-7-14(23-17(10)20)22-9-13-12-8-11-5-4-6-19(2,3)15(11)16(12)24-18(13)21/h6-7,12-13,15-16,21H,4-5H2,1-3H3;7-8,12-13,15-16,20H,4-6H2,1-3H3;6,8,12,14,16,20H,3-5,7,9H2,1-2H3;7,9,12,14,16H,4-6,8H2,1-3H3/b10-7+;11-8+;13-8+;13-9+/t12-,13+,15-,16+;12-,13-,15+,16-;12-,14-,16+,19+;12-,14-,16+/m1011/s1. The first-order valence-corrected chi connectivity index (χ1v) is 34.6. The summed E-state index contributed by atoms with van der Waals surface area (Å²) in [7, 11) is 0. The Morgan fingerprint density at radius 2 is 0.760 bits per heavy atom. The summed E-state index contributed by atoms with van der Waals surface area (Å²) in [6.07, 6.45) is 16.8. The third-order valence-corrected chi connectivity index (χ3v) is 22.9. The molecule has 3 N–H and O–H groups in total. The van der Waals surface area contributed by atoms with E-state index in [0.29, 0.717) is 57.4 Å². The molecule has 8 heterocycles.